The Hall–Kier alpha value is -3.52. The molecule has 0 unspecified atom stereocenters. The van der Waals surface area contributed by atoms with Gasteiger partial charge in [-0.25, -0.2) is 9.82 Å². The highest BCUT2D eigenvalue weighted by Gasteiger charge is 2.13. The lowest BCUT2D eigenvalue weighted by atomic mass is 10.2. The van der Waals surface area contributed by atoms with Crippen molar-refractivity contribution in [2.75, 3.05) is 5.32 Å². The Balaban J connectivity index is 1.57. The predicted molar refractivity (Wildman–Crippen MR) is 116 cm³/mol. The van der Waals surface area contributed by atoms with Crippen molar-refractivity contribution in [3.8, 4) is 5.75 Å². The van der Waals surface area contributed by atoms with Gasteiger partial charge in [-0.1, -0.05) is 40.2 Å². The van der Waals surface area contributed by atoms with Gasteiger partial charge < -0.3 is 10.1 Å². The first-order valence-corrected chi connectivity index (χ1v) is 9.67. The molecule has 3 aromatic rings. The number of amides is 2. The average Bonchev–Trinajstić information content (AvgIpc) is 2.74. The van der Waals surface area contributed by atoms with Crippen molar-refractivity contribution in [1.82, 2.24) is 5.43 Å². The third-order valence-corrected chi connectivity index (χ3v) is 4.37. The molecular formula is C22H17BrFN3O3. The van der Waals surface area contributed by atoms with Gasteiger partial charge >= 0.3 is 11.8 Å². The lowest BCUT2D eigenvalue weighted by molar-refractivity contribution is -0.136. The van der Waals surface area contributed by atoms with Gasteiger partial charge in [0, 0.05) is 15.7 Å². The van der Waals surface area contributed by atoms with E-state index in [1.54, 1.807) is 18.2 Å². The average molecular weight is 470 g/mol. The molecule has 0 saturated carbocycles. The summed E-state index contributed by atoms with van der Waals surface area (Å²) in [4.78, 5) is 23.8. The monoisotopic (exact) mass is 469 g/mol. The smallest absolute Gasteiger partial charge is 0.329 e. The highest BCUT2D eigenvalue weighted by molar-refractivity contribution is 9.10. The zero-order chi connectivity index (χ0) is 21.3. The molecule has 3 rings (SSSR count). The van der Waals surface area contributed by atoms with E-state index in [1.807, 2.05) is 30.3 Å². The molecule has 0 heterocycles. The molecule has 0 fully saturated rings. The van der Waals surface area contributed by atoms with E-state index in [0.717, 1.165) is 10.0 Å². The number of nitrogens with one attached hydrogen (secondary N) is 2. The van der Waals surface area contributed by atoms with Crippen LogP contribution in [0.15, 0.2) is 82.4 Å². The van der Waals surface area contributed by atoms with E-state index in [4.69, 9.17) is 4.74 Å². The molecule has 0 aliphatic heterocycles. The summed E-state index contributed by atoms with van der Waals surface area (Å²) in [7, 11) is 0. The molecule has 6 nitrogen and oxygen atoms in total. The van der Waals surface area contributed by atoms with Gasteiger partial charge in [0.15, 0.2) is 0 Å². The van der Waals surface area contributed by atoms with Crippen LogP contribution >= 0.6 is 15.9 Å². The fourth-order valence-corrected chi connectivity index (χ4v) is 2.89. The van der Waals surface area contributed by atoms with E-state index in [9.17, 15) is 14.0 Å². The number of benzene rings is 3. The minimum Gasteiger partial charge on any atom is -0.488 e. The number of nitrogens with zero attached hydrogens (tertiary/aromatic N) is 1. The number of hydrogen-bond acceptors (Lipinski definition) is 4. The summed E-state index contributed by atoms with van der Waals surface area (Å²) in [5.41, 5.74) is 4.07. The molecule has 0 aliphatic rings. The van der Waals surface area contributed by atoms with Crippen LogP contribution in [0.4, 0.5) is 10.1 Å². The molecule has 152 valence electrons. The topological polar surface area (TPSA) is 79.8 Å². The summed E-state index contributed by atoms with van der Waals surface area (Å²) in [5.74, 6) is -1.74. The van der Waals surface area contributed by atoms with Gasteiger partial charge in [-0.05, 0) is 54.1 Å². The number of anilines is 1. The van der Waals surface area contributed by atoms with Crippen LogP contribution < -0.4 is 15.5 Å². The van der Waals surface area contributed by atoms with Gasteiger partial charge in [0.1, 0.15) is 18.2 Å². The van der Waals surface area contributed by atoms with E-state index < -0.39 is 17.6 Å². The Labute approximate surface area is 180 Å². The van der Waals surface area contributed by atoms with Gasteiger partial charge in [0.25, 0.3) is 0 Å². The number of hydrazone groups is 1. The number of rotatable bonds is 6. The molecule has 8 heteroatoms. The van der Waals surface area contributed by atoms with E-state index in [1.165, 1.54) is 30.5 Å². The molecule has 3 aromatic carbocycles. The molecule has 0 aromatic heterocycles. The maximum Gasteiger partial charge on any atom is 0.329 e. The maximum absolute atomic E-state index is 12.9. The second kappa shape index (κ2) is 10.3. The summed E-state index contributed by atoms with van der Waals surface area (Å²) in [5, 5.41) is 6.17. The van der Waals surface area contributed by atoms with Crippen LogP contribution in [-0.4, -0.2) is 18.0 Å². The summed E-state index contributed by atoms with van der Waals surface area (Å²) >= 11 is 3.42. The molecule has 2 N–H and O–H groups in total. The first-order chi connectivity index (χ1) is 14.5. The van der Waals surface area contributed by atoms with Gasteiger partial charge in [0.05, 0.1) is 6.21 Å². The largest absolute Gasteiger partial charge is 0.488 e. The van der Waals surface area contributed by atoms with Gasteiger partial charge in [-0.15, -0.1) is 0 Å². The summed E-state index contributed by atoms with van der Waals surface area (Å²) < 4.78 is 19.7. The van der Waals surface area contributed by atoms with E-state index in [-0.39, 0.29) is 0 Å². The lowest BCUT2D eigenvalue weighted by Crippen LogP contribution is -2.32. The Morgan fingerprint density at radius 1 is 1.00 bits per heavy atom. The van der Waals surface area contributed by atoms with Crippen LogP contribution in [0.1, 0.15) is 11.1 Å². The Morgan fingerprint density at radius 2 is 1.77 bits per heavy atom. The van der Waals surface area contributed by atoms with Crippen molar-refractivity contribution in [1.29, 1.82) is 0 Å². The molecule has 0 bridgehead atoms. The van der Waals surface area contributed by atoms with Crippen LogP contribution in [0, 0.1) is 5.82 Å². The number of carbonyl (C=O) groups is 2. The third kappa shape index (κ3) is 6.25. The highest BCUT2D eigenvalue weighted by atomic mass is 79.9. The van der Waals surface area contributed by atoms with E-state index in [2.05, 4.69) is 31.8 Å². The van der Waals surface area contributed by atoms with E-state index >= 15 is 0 Å². The maximum atomic E-state index is 12.9. The van der Waals surface area contributed by atoms with Crippen LogP contribution in [0.25, 0.3) is 0 Å². The van der Waals surface area contributed by atoms with Crippen molar-refractivity contribution >= 4 is 39.6 Å². The van der Waals surface area contributed by atoms with E-state index in [0.29, 0.717) is 23.6 Å². The van der Waals surface area contributed by atoms with Gasteiger partial charge in [-0.3, -0.25) is 9.59 Å². The van der Waals surface area contributed by atoms with Gasteiger partial charge in [0.2, 0.25) is 0 Å². The molecule has 30 heavy (non-hydrogen) atoms. The van der Waals surface area contributed by atoms with Crippen LogP contribution in [0.5, 0.6) is 5.75 Å². The van der Waals surface area contributed by atoms with Crippen molar-refractivity contribution < 1.29 is 18.7 Å². The van der Waals surface area contributed by atoms with Crippen LogP contribution in [0.3, 0.4) is 0 Å². The normalized spacial score (nSPS) is 10.6. The minimum atomic E-state index is -0.955. The Bertz CT molecular complexity index is 1070. The Kier molecular flexibility index (Phi) is 7.29. The zero-order valence-electron chi connectivity index (χ0n) is 15.6. The zero-order valence-corrected chi connectivity index (χ0v) is 17.2. The Morgan fingerprint density at radius 3 is 2.53 bits per heavy atom. The summed E-state index contributed by atoms with van der Waals surface area (Å²) in [6.07, 6.45) is 1.39. The van der Waals surface area contributed by atoms with Crippen molar-refractivity contribution in [2.24, 2.45) is 5.10 Å². The molecular weight excluding hydrogens is 453 g/mol. The number of hydrogen-bond donors (Lipinski definition) is 2. The first kappa shape index (κ1) is 21.2. The molecule has 0 aliphatic carbocycles. The van der Waals surface area contributed by atoms with Gasteiger partial charge in [-0.2, -0.15) is 5.10 Å². The molecule has 2 amide bonds. The predicted octanol–water partition coefficient (Wildman–Crippen LogP) is 4.26. The lowest BCUT2D eigenvalue weighted by Gasteiger charge is -2.09. The molecule has 0 spiro atoms. The minimum absolute atomic E-state index is 0.298. The van der Waals surface area contributed by atoms with Crippen molar-refractivity contribution in [3.63, 3.8) is 0 Å². The highest BCUT2D eigenvalue weighted by Crippen LogP contribution is 2.19. The van der Waals surface area contributed by atoms with Crippen molar-refractivity contribution in [3.05, 3.63) is 94.2 Å². The SMILES string of the molecule is O=C(N/N=C\c1ccccc1OCc1cccc(Br)c1)C(=O)Nc1ccc(F)cc1. The van der Waals surface area contributed by atoms with Crippen LogP contribution in [0.2, 0.25) is 0 Å². The summed E-state index contributed by atoms with van der Waals surface area (Å²) in [6.45, 7) is 0.358. The fraction of sp³-hybridized carbons (Fsp3) is 0.0455. The summed E-state index contributed by atoms with van der Waals surface area (Å²) in [6, 6.07) is 20.0. The molecule has 0 radical (unpaired) electrons. The first-order valence-electron chi connectivity index (χ1n) is 8.87. The second-order valence-electron chi connectivity index (χ2n) is 6.12. The molecule has 0 atom stereocenters. The number of carbonyl (C=O) groups excluding carboxylic acids is 2. The number of halogens is 2. The third-order valence-electron chi connectivity index (χ3n) is 3.88. The van der Waals surface area contributed by atoms with Crippen molar-refractivity contribution in [2.45, 2.75) is 6.61 Å². The second-order valence-corrected chi connectivity index (χ2v) is 7.03. The fourth-order valence-electron chi connectivity index (χ4n) is 2.44. The standard InChI is InChI=1S/C22H17BrFN3O3/c23-17-6-3-4-15(12-17)14-30-20-7-2-1-5-16(20)13-25-27-22(29)21(28)26-19-10-8-18(24)9-11-19/h1-13H,14H2,(H,26,28)(H,27,29)/b25-13-. The quantitative estimate of drug-likeness (QED) is 0.321. The van der Waals surface area contributed by atoms with Crippen LogP contribution in [-0.2, 0) is 16.2 Å². The number of ether oxygens (including phenoxy) is 1. The number of para-hydroxylation sites is 1. The molecule has 0 saturated heterocycles.